The standard InChI is InChI=1S/C27H35N7/c1-3-22(2)8-7-15-29-26-30-25(12-11-23-9-5-4-6-10-23)31-27(32-26)34-20-18-33(19-21-34)24-13-16-28-17-14-24/h3-6,9-14,16-17,27H,7-8,15,18-21H2,1-2H3,(H2,29,30,31,32)/b12-11+,22-3?. The summed E-state index contributed by atoms with van der Waals surface area (Å²) in [5.41, 5.74) is 3.78. The first-order valence-corrected chi connectivity index (χ1v) is 12.1. The Morgan fingerprint density at radius 3 is 2.56 bits per heavy atom. The molecule has 2 aliphatic heterocycles. The molecule has 7 nitrogen and oxygen atoms in total. The number of aromatic nitrogens is 1. The van der Waals surface area contributed by atoms with Gasteiger partial charge in [-0.05, 0) is 50.5 Å². The number of allylic oxidation sites excluding steroid dienone is 2. The lowest BCUT2D eigenvalue weighted by Gasteiger charge is -2.40. The summed E-state index contributed by atoms with van der Waals surface area (Å²) in [7, 11) is 0. The molecule has 1 atom stereocenters. The van der Waals surface area contributed by atoms with Crippen molar-refractivity contribution in [1.82, 2.24) is 20.5 Å². The summed E-state index contributed by atoms with van der Waals surface area (Å²) in [6.07, 6.45) is 12.0. The first kappa shape index (κ1) is 23.7. The van der Waals surface area contributed by atoms with Crippen molar-refractivity contribution in [3.63, 3.8) is 0 Å². The van der Waals surface area contributed by atoms with Gasteiger partial charge < -0.3 is 15.5 Å². The van der Waals surface area contributed by atoms with Crippen LogP contribution in [0.1, 0.15) is 32.3 Å². The number of pyridine rings is 1. The van der Waals surface area contributed by atoms with E-state index >= 15 is 0 Å². The number of nitrogens with one attached hydrogen (secondary N) is 2. The first-order chi connectivity index (χ1) is 16.7. The van der Waals surface area contributed by atoms with Crippen molar-refractivity contribution in [3.05, 3.63) is 78.1 Å². The van der Waals surface area contributed by atoms with E-state index in [1.807, 2.05) is 36.7 Å². The van der Waals surface area contributed by atoms with Crippen LogP contribution in [0.2, 0.25) is 0 Å². The van der Waals surface area contributed by atoms with E-state index in [0.717, 1.165) is 62.9 Å². The maximum absolute atomic E-state index is 4.95. The molecule has 0 saturated carbocycles. The fraction of sp³-hybridized carbons (Fsp3) is 0.370. The number of amidine groups is 1. The number of anilines is 1. The quantitative estimate of drug-likeness (QED) is 0.465. The van der Waals surface area contributed by atoms with Gasteiger partial charge in [-0.3, -0.25) is 14.9 Å². The van der Waals surface area contributed by atoms with E-state index in [0.29, 0.717) is 0 Å². The average molecular weight is 458 g/mol. The van der Waals surface area contributed by atoms with Crippen LogP contribution in [0.15, 0.2) is 82.6 Å². The summed E-state index contributed by atoms with van der Waals surface area (Å²) in [6.45, 7) is 8.79. The first-order valence-electron chi connectivity index (χ1n) is 12.1. The van der Waals surface area contributed by atoms with Crippen LogP contribution in [-0.4, -0.2) is 60.7 Å². The molecule has 1 aromatic heterocycles. The molecule has 3 heterocycles. The van der Waals surface area contributed by atoms with Crippen molar-refractivity contribution in [1.29, 1.82) is 0 Å². The van der Waals surface area contributed by atoms with Gasteiger partial charge in [-0.1, -0.05) is 48.1 Å². The Balaban J connectivity index is 1.43. The minimum atomic E-state index is -0.132. The second kappa shape index (κ2) is 12.1. The molecule has 1 unspecified atom stereocenters. The summed E-state index contributed by atoms with van der Waals surface area (Å²) >= 11 is 0. The second-order valence-electron chi connectivity index (χ2n) is 8.60. The summed E-state index contributed by atoms with van der Waals surface area (Å²) in [5, 5.41) is 6.88. The minimum absolute atomic E-state index is 0.132. The fourth-order valence-electron chi connectivity index (χ4n) is 4.03. The van der Waals surface area contributed by atoms with Crippen LogP contribution in [-0.2, 0) is 0 Å². The van der Waals surface area contributed by atoms with Crippen molar-refractivity contribution in [3.8, 4) is 0 Å². The normalized spacial score (nSPS) is 20.8. The van der Waals surface area contributed by atoms with E-state index in [9.17, 15) is 0 Å². The van der Waals surface area contributed by atoms with Crippen LogP contribution >= 0.6 is 0 Å². The summed E-state index contributed by atoms with van der Waals surface area (Å²) in [4.78, 5) is 18.7. The molecule has 7 heteroatoms. The Kier molecular flexibility index (Phi) is 8.46. The lowest BCUT2D eigenvalue weighted by Crippen LogP contribution is -2.60. The molecule has 1 saturated heterocycles. The van der Waals surface area contributed by atoms with Gasteiger partial charge in [0.05, 0.1) is 0 Å². The van der Waals surface area contributed by atoms with Crippen LogP contribution in [0, 0.1) is 0 Å². The van der Waals surface area contributed by atoms with E-state index in [2.05, 4.69) is 75.7 Å². The molecule has 1 fully saturated rings. The number of aliphatic imine (C=N–C) groups is 2. The zero-order valence-electron chi connectivity index (χ0n) is 20.2. The number of guanidine groups is 1. The van der Waals surface area contributed by atoms with Gasteiger partial charge in [-0.2, -0.15) is 0 Å². The van der Waals surface area contributed by atoms with Crippen LogP contribution in [0.4, 0.5) is 5.69 Å². The summed E-state index contributed by atoms with van der Waals surface area (Å²) in [6, 6.07) is 14.4. The monoisotopic (exact) mass is 457 g/mol. The number of nitrogens with zero attached hydrogens (tertiary/aromatic N) is 5. The average Bonchev–Trinajstić information content (AvgIpc) is 2.91. The molecule has 0 radical (unpaired) electrons. The molecule has 2 N–H and O–H groups in total. The van der Waals surface area contributed by atoms with Gasteiger partial charge in [-0.15, -0.1) is 0 Å². The molecule has 0 amide bonds. The number of rotatable bonds is 8. The lowest BCUT2D eigenvalue weighted by molar-refractivity contribution is 0.175. The number of hydrogen-bond donors (Lipinski definition) is 2. The predicted molar refractivity (Wildman–Crippen MR) is 142 cm³/mol. The maximum atomic E-state index is 4.95. The van der Waals surface area contributed by atoms with Crippen molar-refractivity contribution in [2.75, 3.05) is 37.6 Å². The third-order valence-corrected chi connectivity index (χ3v) is 6.19. The molecular weight excluding hydrogens is 422 g/mol. The minimum Gasteiger partial charge on any atom is -0.369 e. The third-order valence-electron chi connectivity index (χ3n) is 6.19. The highest BCUT2D eigenvalue weighted by Crippen LogP contribution is 2.16. The van der Waals surface area contributed by atoms with Gasteiger partial charge in [-0.25, -0.2) is 4.99 Å². The molecule has 178 valence electrons. The second-order valence-corrected chi connectivity index (χ2v) is 8.60. The van der Waals surface area contributed by atoms with Crippen LogP contribution in [0.5, 0.6) is 0 Å². The topological polar surface area (TPSA) is 68.2 Å². The molecule has 2 aromatic rings. The van der Waals surface area contributed by atoms with Gasteiger partial charge in [0.25, 0.3) is 0 Å². The number of hydrogen-bond acceptors (Lipinski definition) is 5. The summed E-state index contributed by atoms with van der Waals surface area (Å²) in [5.74, 6) is 1.62. The van der Waals surface area contributed by atoms with Crippen LogP contribution in [0.3, 0.4) is 0 Å². The smallest absolute Gasteiger partial charge is 0.199 e. The Bertz CT molecular complexity index is 1020. The van der Waals surface area contributed by atoms with Gasteiger partial charge >= 0.3 is 0 Å². The van der Waals surface area contributed by atoms with Crippen molar-refractivity contribution < 1.29 is 0 Å². The van der Waals surface area contributed by atoms with E-state index in [-0.39, 0.29) is 6.29 Å². The van der Waals surface area contributed by atoms with Crippen molar-refractivity contribution in [2.24, 2.45) is 9.98 Å². The SMILES string of the molecule is CC=C(C)CCCN=C1NC(/C=C/c2ccccc2)=NC(N2CCN(c3ccncc3)CC2)N1. The zero-order valence-corrected chi connectivity index (χ0v) is 20.2. The Labute approximate surface area is 203 Å². The highest BCUT2D eigenvalue weighted by Gasteiger charge is 2.27. The molecule has 0 aliphatic carbocycles. The van der Waals surface area contributed by atoms with Gasteiger partial charge in [0.1, 0.15) is 5.84 Å². The van der Waals surface area contributed by atoms with Crippen molar-refractivity contribution in [2.45, 2.75) is 33.0 Å². The van der Waals surface area contributed by atoms with Gasteiger partial charge in [0.2, 0.25) is 0 Å². The molecule has 4 rings (SSSR count). The van der Waals surface area contributed by atoms with E-state index in [1.165, 1.54) is 11.3 Å². The lowest BCUT2D eigenvalue weighted by atomic mass is 10.1. The molecule has 34 heavy (non-hydrogen) atoms. The Hall–Kier alpha value is -3.45. The van der Waals surface area contributed by atoms with Gasteiger partial charge in [0.15, 0.2) is 12.2 Å². The Morgan fingerprint density at radius 1 is 1.06 bits per heavy atom. The van der Waals surface area contributed by atoms with Crippen LogP contribution in [0.25, 0.3) is 6.08 Å². The predicted octanol–water partition coefficient (Wildman–Crippen LogP) is 3.89. The largest absolute Gasteiger partial charge is 0.369 e. The highest BCUT2D eigenvalue weighted by molar-refractivity contribution is 6.08. The van der Waals surface area contributed by atoms with E-state index in [4.69, 9.17) is 9.98 Å². The fourth-order valence-corrected chi connectivity index (χ4v) is 4.03. The maximum Gasteiger partial charge on any atom is 0.199 e. The molecule has 0 spiro atoms. The number of piperazine rings is 1. The number of benzene rings is 1. The third kappa shape index (κ3) is 6.78. The zero-order chi connectivity index (χ0) is 23.6. The van der Waals surface area contributed by atoms with Crippen molar-refractivity contribution >= 4 is 23.6 Å². The Morgan fingerprint density at radius 2 is 1.82 bits per heavy atom. The summed E-state index contributed by atoms with van der Waals surface area (Å²) < 4.78 is 0. The highest BCUT2D eigenvalue weighted by atomic mass is 15.5. The molecular formula is C27H35N7. The molecule has 0 bridgehead atoms. The van der Waals surface area contributed by atoms with E-state index in [1.54, 1.807) is 0 Å². The van der Waals surface area contributed by atoms with Crippen LogP contribution < -0.4 is 15.5 Å². The van der Waals surface area contributed by atoms with E-state index < -0.39 is 0 Å². The molecule has 1 aromatic carbocycles. The van der Waals surface area contributed by atoms with Gasteiger partial charge in [0, 0.05) is 50.8 Å². The molecule has 2 aliphatic rings.